The van der Waals surface area contributed by atoms with Gasteiger partial charge in [-0.3, -0.25) is 9.59 Å². The molecule has 1 saturated heterocycles. The highest BCUT2D eigenvalue weighted by atomic mass is 16.5. The van der Waals surface area contributed by atoms with Gasteiger partial charge in [0.15, 0.2) is 0 Å². The molecule has 1 fully saturated rings. The van der Waals surface area contributed by atoms with E-state index in [-0.39, 0.29) is 24.5 Å². The lowest BCUT2D eigenvalue weighted by atomic mass is 10.2. The molecule has 1 aliphatic heterocycles. The Morgan fingerprint density at radius 2 is 2.38 bits per heavy atom. The highest BCUT2D eigenvalue weighted by Gasteiger charge is 2.30. The first-order valence-corrected chi connectivity index (χ1v) is 4.55. The standard InChI is InChI=1S/C9H15NO3/c1-3-7-4-5-8(11)10(7)6-9(12)13-2/h7H,3-6H2,1-2H3/t7-/m0/s1. The maximum Gasteiger partial charge on any atom is 0.325 e. The Hall–Kier alpha value is -1.06. The lowest BCUT2D eigenvalue weighted by molar-refractivity contribution is -0.146. The predicted molar refractivity (Wildman–Crippen MR) is 47.0 cm³/mol. The summed E-state index contributed by atoms with van der Waals surface area (Å²) >= 11 is 0. The van der Waals surface area contributed by atoms with Crippen molar-refractivity contribution in [1.82, 2.24) is 4.90 Å². The largest absolute Gasteiger partial charge is 0.468 e. The second-order valence-corrected chi connectivity index (χ2v) is 3.20. The van der Waals surface area contributed by atoms with Crippen LogP contribution in [0.5, 0.6) is 0 Å². The molecule has 0 unspecified atom stereocenters. The minimum Gasteiger partial charge on any atom is -0.468 e. The zero-order valence-electron chi connectivity index (χ0n) is 8.08. The summed E-state index contributed by atoms with van der Waals surface area (Å²) in [6, 6.07) is 0.228. The molecule has 1 amide bonds. The lowest BCUT2D eigenvalue weighted by Crippen LogP contribution is -2.37. The van der Waals surface area contributed by atoms with E-state index in [4.69, 9.17) is 0 Å². The molecule has 4 nitrogen and oxygen atoms in total. The number of hydrogen-bond donors (Lipinski definition) is 0. The number of esters is 1. The normalized spacial score (nSPS) is 22.2. The summed E-state index contributed by atoms with van der Waals surface area (Å²) < 4.78 is 4.52. The van der Waals surface area contributed by atoms with E-state index in [2.05, 4.69) is 4.74 Å². The molecule has 0 aromatic heterocycles. The zero-order valence-corrected chi connectivity index (χ0v) is 8.08. The van der Waals surface area contributed by atoms with Crippen LogP contribution < -0.4 is 0 Å². The molecule has 1 aliphatic rings. The summed E-state index contributed by atoms with van der Waals surface area (Å²) in [5.41, 5.74) is 0. The van der Waals surface area contributed by atoms with Crippen molar-refractivity contribution in [3.8, 4) is 0 Å². The molecule has 0 N–H and O–H groups in total. The SMILES string of the molecule is CC[C@H]1CCC(=O)N1CC(=O)OC. The molecule has 0 bridgehead atoms. The summed E-state index contributed by atoms with van der Waals surface area (Å²) in [5, 5.41) is 0. The third kappa shape index (κ3) is 2.20. The van der Waals surface area contributed by atoms with Crippen molar-refractivity contribution in [3.63, 3.8) is 0 Å². The van der Waals surface area contributed by atoms with Gasteiger partial charge in [-0.25, -0.2) is 0 Å². The van der Waals surface area contributed by atoms with Crippen LogP contribution in [0.4, 0.5) is 0 Å². The van der Waals surface area contributed by atoms with Crippen LogP contribution in [0.15, 0.2) is 0 Å². The summed E-state index contributed by atoms with van der Waals surface area (Å²) in [6.07, 6.45) is 2.34. The zero-order chi connectivity index (χ0) is 9.84. The summed E-state index contributed by atoms with van der Waals surface area (Å²) in [4.78, 5) is 23.9. The third-order valence-electron chi connectivity index (χ3n) is 2.45. The first-order valence-electron chi connectivity index (χ1n) is 4.55. The Kier molecular flexibility index (Phi) is 3.28. The Bertz CT molecular complexity index is 215. The highest BCUT2D eigenvalue weighted by Crippen LogP contribution is 2.20. The van der Waals surface area contributed by atoms with Gasteiger partial charge in [-0.1, -0.05) is 6.92 Å². The second kappa shape index (κ2) is 4.25. The van der Waals surface area contributed by atoms with Crippen LogP contribution in [0.3, 0.4) is 0 Å². The van der Waals surface area contributed by atoms with E-state index in [0.29, 0.717) is 6.42 Å². The molecular weight excluding hydrogens is 170 g/mol. The van der Waals surface area contributed by atoms with Gasteiger partial charge >= 0.3 is 5.97 Å². The van der Waals surface area contributed by atoms with Crippen molar-refractivity contribution in [1.29, 1.82) is 0 Å². The van der Waals surface area contributed by atoms with Gasteiger partial charge in [0.25, 0.3) is 0 Å². The molecule has 0 aromatic carbocycles. The third-order valence-corrected chi connectivity index (χ3v) is 2.45. The smallest absolute Gasteiger partial charge is 0.325 e. The van der Waals surface area contributed by atoms with Gasteiger partial charge < -0.3 is 9.64 Å². The summed E-state index contributed by atoms with van der Waals surface area (Å²) in [5.74, 6) is -0.272. The first kappa shape index (κ1) is 10.0. The van der Waals surface area contributed by atoms with Crippen molar-refractivity contribution in [2.75, 3.05) is 13.7 Å². The summed E-state index contributed by atoms with van der Waals surface area (Å²) in [6.45, 7) is 2.13. The van der Waals surface area contributed by atoms with Crippen molar-refractivity contribution in [2.45, 2.75) is 32.2 Å². The van der Waals surface area contributed by atoms with E-state index in [9.17, 15) is 9.59 Å². The summed E-state index contributed by atoms with van der Waals surface area (Å²) in [7, 11) is 1.34. The predicted octanol–water partition coefficient (Wildman–Crippen LogP) is 0.560. The molecule has 13 heavy (non-hydrogen) atoms. The quantitative estimate of drug-likeness (QED) is 0.603. The number of nitrogens with zero attached hydrogens (tertiary/aromatic N) is 1. The van der Waals surface area contributed by atoms with Crippen LogP contribution in [0.2, 0.25) is 0 Å². The first-order chi connectivity index (χ1) is 6.19. The fraction of sp³-hybridized carbons (Fsp3) is 0.778. The van der Waals surface area contributed by atoms with Gasteiger partial charge in [0.05, 0.1) is 7.11 Å². The number of ether oxygens (including phenoxy) is 1. The molecule has 1 atom stereocenters. The number of methoxy groups -OCH3 is 1. The molecule has 4 heteroatoms. The Morgan fingerprint density at radius 3 is 2.92 bits per heavy atom. The molecular formula is C9H15NO3. The van der Waals surface area contributed by atoms with Gasteiger partial charge in [-0.15, -0.1) is 0 Å². The van der Waals surface area contributed by atoms with Crippen LogP contribution in [0.1, 0.15) is 26.2 Å². The van der Waals surface area contributed by atoms with Crippen molar-refractivity contribution < 1.29 is 14.3 Å². The second-order valence-electron chi connectivity index (χ2n) is 3.20. The van der Waals surface area contributed by atoms with E-state index in [1.54, 1.807) is 4.90 Å². The van der Waals surface area contributed by atoms with Crippen LogP contribution in [-0.4, -0.2) is 36.5 Å². The van der Waals surface area contributed by atoms with E-state index < -0.39 is 0 Å². The fourth-order valence-electron chi connectivity index (χ4n) is 1.64. The Balaban J connectivity index is 2.54. The maximum atomic E-state index is 11.3. The van der Waals surface area contributed by atoms with E-state index >= 15 is 0 Å². The number of amides is 1. The Labute approximate surface area is 77.8 Å². The van der Waals surface area contributed by atoms with E-state index in [0.717, 1.165) is 12.8 Å². The van der Waals surface area contributed by atoms with Crippen molar-refractivity contribution in [3.05, 3.63) is 0 Å². The van der Waals surface area contributed by atoms with Gasteiger partial charge in [0.2, 0.25) is 5.91 Å². The van der Waals surface area contributed by atoms with Crippen LogP contribution in [0, 0.1) is 0 Å². The molecule has 0 aliphatic carbocycles. The number of hydrogen-bond acceptors (Lipinski definition) is 3. The average molecular weight is 185 g/mol. The van der Waals surface area contributed by atoms with Crippen molar-refractivity contribution >= 4 is 11.9 Å². The monoisotopic (exact) mass is 185 g/mol. The fourth-order valence-corrected chi connectivity index (χ4v) is 1.64. The lowest BCUT2D eigenvalue weighted by Gasteiger charge is -2.21. The van der Waals surface area contributed by atoms with E-state index in [1.165, 1.54) is 7.11 Å². The average Bonchev–Trinajstić information content (AvgIpc) is 2.48. The van der Waals surface area contributed by atoms with Gasteiger partial charge in [-0.05, 0) is 12.8 Å². The molecule has 1 heterocycles. The van der Waals surface area contributed by atoms with Gasteiger partial charge in [0, 0.05) is 12.5 Å². The molecule has 0 spiro atoms. The topological polar surface area (TPSA) is 46.6 Å². The molecule has 0 aromatic rings. The molecule has 74 valence electrons. The highest BCUT2D eigenvalue weighted by molar-refractivity contribution is 5.83. The van der Waals surface area contributed by atoms with Crippen LogP contribution >= 0.6 is 0 Å². The number of likely N-dealkylation sites (tertiary alicyclic amines) is 1. The van der Waals surface area contributed by atoms with Gasteiger partial charge in [0.1, 0.15) is 6.54 Å². The number of carbonyl (C=O) groups excluding carboxylic acids is 2. The molecule has 1 rings (SSSR count). The minimum absolute atomic E-state index is 0.0669. The molecule has 0 saturated carbocycles. The van der Waals surface area contributed by atoms with Crippen LogP contribution in [-0.2, 0) is 14.3 Å². The number of carbonyl (C=O) groups is 2. The molecule has 0 radical (unpaired) electrons. The number of rotatable bonds is 3. The van der Waals surface area contributed by atoms with E-state index in [1.807, 2.05) is 6.92 Å². The van der Waals surface area contributed by atoms with Crippen molar-refractivity contribution in [2.24, 2.45) is 0 Å². The van der Waals surface area contributed by atoms with Crippen LogP contribution in [0.25, 0.3) is 0 Å². The Morgan fingerprint density at radius 1 is 1.69 bits per heavy atom. The van der Waals surface area contributed by atoms with Gasteiger partial charge in [-0.2, -0.15) is 0 Å². The minimum atomic E-state index is -0.339. The maximum absolute atomic E-state index is 11.3.